The summed E-state index contributed by atoms with van der Waals surface area (Å²) in [5, 5.41) is 22.9. The first-order chi connectivity index (χ1) is 26.7. The molecule has 2 atom stereocenters. The Bertz CT molecular complexity index is 988. The number of amides is 1. The molecule has 0 aliphatic heterocycles. The maximum atomic E-state index is 12.3. The Kier molecular flexibility index (Phi) is 42.9. The molecule has 0 aromatic rings. The lowest BCUT2D eigenvalue weighted by Gasteiger charge is -2.22. The molecule has 0 aliphatic rings. The molecule has 0 aromatic heterocycles. The third-order valence-electron chi connectivity index (χ3n) is 9.92. The van der Waals surface area contributed by atoms with Crippen LogP contribution in [-0.4, -0.2) is 34.9 Å². The molecular formula is C50H87NO3. The Morgan fingerprint density at radius 2 is 0.815 bits per heavy atom. The molecule has 0 spiro atoms. The van der Waals surface area contributed by atoms with Gasteiger partial charge in [-0.3, -0.25) is 4.79 Å². The van der Waals surface area contributed by atoms with Gasteiger partial charge in [0, 0.05) is 6.42 Å². The number of hydrogen-bond acceptors (Lipinski definition) is 3. The Labute approximate surface area is 335 Å². The van der Waals surface area contributed by atoms with Gasteiger partial charge in [0.1, 0.15) is 0 Å². The average Bonchev–Trinajstić information content (AvgIpc) is 3.18. The van der Waals surface area contributed by atoms with E-state index in [-0.39, 0.29) is 12.5 Å². The number of carbonyl (C=O) groups is 1. The highest BCUT2D eigenvalue weighted by Gasteiger charge is 2.19. The van der Waals surface area contributed by atoms with Gasteiger partial charge in [-0.1, -0.05) is 214 Å². The first-order valence-electron chi connectivity index (χ1n) is 22.8. The Hall–Kier alpha value is -2.43. The number of aliphatic hydroxyl groups excluding tert-OH is 2. The number of carbonyl (C=O) groups excluding carboxylic acids is 1. The van der Waals surface area contributed by atoms with E-state index in [1.165, 1.54) is 109 Å². The summed E-state index contributed by atoms with van der Waals surface area (Å²) in [7, 11) is 0. The van der Waals surface area contributed by atoms with Crippen LogP contribution in [-0.2, 0) is 4.79 Å². The van der Waals surface area contributed by atoms with Crippen molar-refractivity contribution < 1.29 is 15.0 Å². The summed E-state index contributed by atoms with van der Waals surface area (Å²) in [4.78, 5) is 12.3. The van der Waals surface area contributed by atoms with Gasteiger partial charge in [-0.25, -0.2) is 0 Å². The van der Waals surface area contributed by atoms with Gasteiger partial charge < -0.3 is 15.5 Å². The highest BCUT2D eigenvalue weighted by molar-refractivity contribution is 5.76. The summed E-state index contributed by atoms with van der Waals surface area (Å²) in [6.07, 6.45) is 65.5. The minimum atomic E-state index is -0.660. The SMILES string of the molecule is CC/C=C\C/C=C\C/C=C\C/C=C\C/C=C\C/C=C\C/C=C\CCCCCCCCCCCCCCCC(=O)NC(CO)C(O)CCCCCCCCC. The summed E-state index contributed by atoms with van der Waals surface area (Å²) in [6, 6.07) is -0.537. The van der Waals surface area contributed by atoms with E-state index >= 15 is 0 Å². The summed E-state index contributed by atoms with van der Waals surface area (Å²) in [5.74, 6) is -0.0408. The highest BCUT2D eigenvalue weighted by Crippen LogP contribution is 2.15. The fraction of sp³-hybridized carbons (Fsp3) is 0.700. The van der Waals surface area contributed by atoms with Gasteiger partial charge in [0.2, 0.25) is 5.91 Å². The van der Waals surface area contributed by atoms with Gasteiger partial charge >= 0.3 is 0 Å². The molecule has 4 heteroatoms. The fourth-order valence-corrected chi connectivity index (χ4v) is 6.46. The lowest BCUT2D eigenvalue weighted by molar-refractivity contribution is -0.123. The van der Waals surface area contributed by atoms with Crippen molar-refractivity contribution in [2.24, 2.45) is 0 Å². The van der Waals surface area contributed by atoms with Crippen molar-refractivity contribution in [1.82, 2.24) is 5.32 Å². The molecule has 0 radical (unpaired) electrons. The molecule has 2 unspecified atom stereocenters. The van der Waals surface area contributed by atoms with E-state index in [9.17, 15) is 15.0 Å². The van der Waals surface area contributed by atoms with Gasteiger partial charge in [0.15, 0.2) is 0 Å². The van der Waals surface area contributed by atoms with Crippen LogP contribution in [0.4, 0.5) is 0 Å². The number of aliphatic hydroxyl groups is 2. The quantitative estimate of drug-likeness (QED) is 0.0431. The molecule has 0 aliphatic carbocycles. The van der Waals surface area contributed by atoms with Gasteiger partial charge in [0.25, 0.3) is 0 Å². The number of unbranched alkanes of at least 4 members (excludes halogenated alkanes) is 19. The second-order valence-corrected chi connectivity index (χ2v) is 15.1. The lowest BCUT2D eigenvalue weighted by atomic mass is 10.0. The third kappa shape index (κ3) is 40.7. The molecule has 0 aromatic carbocycles. The first kappa shape index (κ1) is 51.6. The van der Waals surface area contributed by atoms with Crippen molar-refractivity contribution >= 4 is 5.91 Å². The molecule has 1 amide bonds. The standard InChI is InChI=1S/C50H87NO3/c1-3-5-7-9-11-12-13-14-15-16-17-18-19-20-21-22-23-24-25-26-27-28-29-30-31-32-33-34-35-36-37-38-40-42-44-46-50(54)51-48(47-52)49(53)45-43-41-39-10-8-6-4-2/h5,7,11-12,14-15,17-18,20-21,23-24,26-27,48-49,52-53H,3-4,6,8-10,13,16,19,22,25,28-47H2,1-2H3,(H,51,54)/b7-5-,12-11-,15-14-,18-17-,21-20-,24-23-,27-26-. The molecule has 3 N–H and O–H groups in total. The molecule has 310 valence electrons. The van der Waals surface area contributed by atoms with Crippen molar-refractivity contribution in [3.8, 4) is 0 Å². The zero-order chi connectivity index (χ0) is 39.3. The maximum Gasteiger partial charge on any atom is 0.220 e. The molecule has 0 fully saturated rings. The van der Waals surface area contributed by atoms with E-state index in [2.05, 4.69) is 104 Å². The minimum Gasteiger partial charge on any atom is -0.394 e. The van der Waals surface area contributed by atoms with E-state index in [1.807, 2.05) is 0 Å². The predicted octanol–water partition coefficient (Wildman–Crippen LogP) is 14.5. The second-order valence-electron chi connectivity index (χ2n) is 15.1. The number of allylic oxidation sites excluding steroid dienone is 14. The van der Waals surface area contributed by atoms with E-state index < -0.39 is 12.1 Å². The Morgan fingerprint density at radius 3 is 1.22 bits per heavy atom. The van der Waals surface area contributed by atoms with Gasteiger partial charge in [-0.05, 0) is 70.6 Å². The molecule has 0 rings (SSSR count). The van der Waals surface area contributed by atoms with Crippen LogP contribution in [0, 0.1) is 0 Å². The van der Waals surface area contributed by atoms with Crippen LogP contribution in [0.5, 0.6) is 0 Å². The highest BCUT2D eigenvalue weighted by atomic mass is 16.3. The van der Waals surface area contributed by atoms with Crippen molar-refractivity contribution in [2.75, 3.05) is 6.61 Å². The molecular weight excluding hydrogens is 663 g/mol. The van der Waals surface area contributed by atoms with E-state index in [0.717, 1.165) is 70.6 Å². The third-order valence-corrected chi connectivity index (χ3v) is 9.92. The van der Waals surface area contributed by atoms with Crippen LogP contribution in [0.1, 0.15) is 206 Å². The predicted molar refractivity (Wildman–Crippen MR) is 239 cm³/mol. The number of rotatable bonds is 40. The van der Waals surface area contributed by atoms with Crippen LogP contribution < -0.4 is 5.32 Å². The van der Waals surface area contributed by atoms with E-state index in [1.54, 1.807) is 0 Å². The van der Waals surface area contributed by atoms with Gasteiger partial charge in [-0.15, -0.1) is 0 Å². The molecule has 0 bridgehead atoms. The van der Waals surface area contributed by atoms with Crippen LogP contribution in [0.15, 0.2) is 85.1 Å². The lowest BCUT2D eigenvalue weighted by Crippen LogP contribution is -2.45. The van der Waals surface area contributed by atoms with Crippen molar-refractivity contribution in [2.45, 2.75) is 219 Å². The number of hydrogen-bond donors (Lipinski definition) is 3. The summed E-state index contributed by atoms with van der Waals surface area (Å²) < 4.78 is 0. The Morgan fingerprint density at radius 1 is 0.463 bits per heavy atom. The molecule has 0 saturated carbocycles. The maximum absolute atomic E-state index is 12.3. The van der Waals surface area contributed by atoms with Crippen LogP contribution in [0.25, 0.3) is 0 Å². The normalized spacial score (nSPS) is 13.8. The molecule has 4 nitrogen and oxygen atoms in total. The van der Waals surface area contributed by atoms with Crippen LogP contribution in [0.3, 0.4) is 0 Å². The molecule has 54 heavy (non-hydrogen) atoms. The minimum absolute atomic E-state index is 0.0408. The van der Waals surface area contributed by atoms with Crippen molar-refractivity contribution in [1.29, 1.82) is 0 Å². The number of nitrogens with one attached hydrogen (secondary N) is 1. The van der Waals surface area contributed by atoms with Crippen molar-refractivity contribution in [3.05, 3.63) is 85.1 Å². The fourth-order valence-electron chi connectivity index (χ4n) is 6.46. The van der Waals surface area contributed by atoms with Crippen LogP contribution in [0.2, 0.25) is 0 Å². The molecule has 0 heterocycles. The topological polar surface area (TPSA) is 69.6 Å². The second kappa shape index (κ2) is 45.0. The smallest absolute Gasteiger partial charge is 0.220 e. The van der Waals surface area contributed by atoms with Gasteiger partial charge in [-0.2, -0.15) is 0 Å². The summed E-state index contributed by atoms with van der Waals surface area (Å²) in [5.41, 5.74) is 0. The zero-order valence-corrected chi connectivity index (χ0v) is 35.5. The monoisotopic (exact) mass is 750 g/mol. The average molecular weight is 750 g/mol. The van der Waals surface area contributed by atoms with E-state index in [0.29, 0.717) is 12.8 Å². The van der Waals surface area contributed by atoms with Gasteiger partial charge in [0.05, 0.1) is 18.8 Å². The Balaban J connectivity index is 3.50. The first-order valence-corrected chi connectivity index (χ1v) is 22.8. The van der Waals surface area contributed by atoms with E-state index in [4.69, 9.17) is 0 Å². The van der Waals surface area contributed by atoms with Crippen molar-refractivity contribution in [3.63, 3.8) is 0 Å². The zero-order valence-electron chi connectivity index (χ0n) is 35.5. The largest absolute Gasteiger partial charge is 0.394 e. The molecule has 0 saturated heterocycles. The summed E-state index contributed by atoms with van der Waals surface area (Å²) in [6.45, 7) is 4.19. The van der Waals surface area contributed by atoms with Crippen LogP contribution >= 0.6 is 0 Å². The summed E-state index contributed by atoms with van der Waals surface area (Å²) >= 11 is 0.